The van der Waals surface area contributed by atoms with Crippen molar-refractivity contribution in [3.05, 3.63) is 30.1 Å². The van der Waals surface area contributed by atoms with Crippen LogP contribution in [0.3, 0.4) is 0 Å². The molecule has 8 heteroatoms. The van der Waals surface area contributed by atoms with Crippen LogP contribution in [-0.4, -0.2) is 53.8 Å². The molecule has 2 heterocycles. The SMILES string of the molecule is CC[C@@H]1SC2(CCN(C)CC2)N(S(=O)(=O)c2ccc(F)cc2)C1=O. The Morgan fingerprint density at radius 3 is 2.38 bits per heavy atom. The summed E-state index contributed by atoms with van der Waals surface area (Å²) in [6.45, 7) is 3.38. The molecule has 0 radical (unpaired) electrons. The molecule has 2 fully saturated rings. The lowest BCUT2D eigenvalue weighted by molar-refractivity contribution is -0.127. The van der Waals surface area contributed by atoms with Crippen LogP contribution in [0.25, 0.3) is 0 Å². The third-order valence-corrected chi connectivity index (χ3v) is 8.54. The minimum Gasteiger partial charge on any atom is -0.306 e. The highest BCUT2D eigenvalue weighted by Crippen LogP contribution is 2.51. The molecule has 132 valence electrons. The highest BCUT2D eigenvalue weighted by Gasteiger charge is 2.57. The van der Waals surface area contributed by atoms with Gasteiger partial charge in [0.1, 0.15) is 10.7 Å². The van der Waals surface area contributed by atoms with Crippen molar-refractivity contribution in [3.63, 3.8) is 0 Å². The van der Waals surface area contributed by atoms with Gasteiger partial charge in [-0.1, -0.05) is 6.92 Å². The van der Waals surface area contributed by atoms with Crippen molar-refractivity contribution < 1.29 is 17.6 Å². The first-order chi connectivity index (χ1) is 11.3. The highest BCUT2D eigenvalue weighted by atomic mass is 32.2. The van der Waals surface area contributed by atoms with E-state index in [1.165, 1.54) is 23.9 Å². The van der Waals surface area contributed by atoms with Crippen molar-refractivity contribution in [2.24, 2.45) is 0 Å². The maximum atomic E-state index is 13.2. The molecule has 0 aliphatic carbocycles. The van der Waals surface area contributed by atoms with Gasteiger partial charge in [0.15, 0.2) is 0 Å². The smallest absolute Gasteiger partial charge is 0.267 e. The zero-order valence-electron chi connectivity index (χ0n) is 13.7. The average Bonchev–Trinajstić information content (AvgIpc) is 2.83. The molecule has 0 unspecified atom stereocenters. The Morgan fingerprint density at radius 2 is 1.83 bits per heavy atom. The van der Waals surface area contributed by atoms with E-state index in [0.29, 0.717) is 19.3 Å². The lowest BCUT2D eigenvalue weighted by Crippen LogP contribution is -2.53. The first kappa shape index (κ1) is 17.7. The molecular weight excluding hydrogens is 351 g/mol. The van der Waals surface area contributed by atoms with Crippen LogP contribution in [0, 0.1) is 5.82 Å². The van der Waals surface area contributed by atoms with Crippen LogP contribution in [-0.2, 0) is 14.8 Å². The minimum atomic E-state index is -4.00. The number of sulfonamides is 1. The molecule has 1 atom stereocenters. The molecule has 2 aliphatic rings. The van der Waals surface area contributed by atoms with Crippen LogP contribution in [0.2, 0.25) is 0 Å². The van der Waals surface area contributed by atoms with E-state index in [-0.39, 0.29) is 16.1 Å². The molecule has 0 saturated carbocycles. The van der Waals surface area contributed by atoms with Crippen LogP contribution in [0.1, 0.15) is 26.2 Å². The summed E-state index contributed by atoms with van der Waals surface area (Å²) in [6.07, 6.45) is 1.81. The van der Waals surface area contributed by atoms with Gasteiger partial charge in [0.2, 0.25) is 0 Å². The van der Waals surface area contributed by atoms with E-state index in [4.69, 9.17) is 0 Å². The molecule has 1 aromatic carbocycles. The molecule has 1 aromatic rings. The molecule has 2 saturated heterocycles. The van der Waals surface area contributed by atoms with Gasteiger partial charge in [0, 0.05) is 13.1 Å². The topological polar surface area (TPSA) is 57.7 Å². The van der Waals surface area contributed by atoms with Crippen LogP contribution in [0.5, 0.6) is 0 Å². The van der Waals surface area contributed by atoms with Gasteiger partial charge in [-0.25, -0.2) is 17.1 Å². The van der Waals surface area contributed by atoms with Gasteiger partial charge >= 0.3 is 0 Å². The van der Waals surface area contributed by atoms with Gasteiger partial charge < -0.3 is 4.90 Å². The van der Waals surface area contributed by atoms with Crippen molar-refractivity contribution in [3.8, 4) is 0 Å². The molecular formula is C16H21FN2O3S2. The van der Waals surface area contributed by atoms with E-state index in [2.05, 4.69) is 4.90 Å². The molecule has 2 aliphatic heterocycles. The Bertz CT molecular complexity index is 728. The van der Waals surface area contributed by atoms with Crippen LogP contribution in [0.4, 0.5) is 4.39 Å². The number of piperidine rings is 1. The third-order valence-electron chi connectivity index (χ3n) is 4.70. The number of carbonyl (C=O) groups is 1. The highest BCUT2D eigenvalue weighted by molar-refractivity contribution is 8.03. The summed E-state index contributed by atoms with van der Waals surface area (Å²) in [5.74, 6) is -0.854. The van der Waals surface area contributed by atoms with Crippen molar-refractivity contribution in [2.45, 2.75) is 41.2 Å². The number of nitrogens with zero attached hydrogens (tertiary/aromatic N) is 2. The Balaban J connectivity index is 2.04. The summed E-state index contributed by atoms with van der Waals surface area (Å²) in [6, 6.07) is 4.67. The van der Waals surface area contributed by atoms with Gasteiger partial charge in [0.05, 0.1) is 10.1 Å². The average molecular weight is 372 g/mol. The standard InChI is InChI=1S/C16H21FN2O3S2/c1-3-14-15(20)19(16(23-14)8-10-18(2)11-9-16)24(21,22)13-6-4-12(17)5-7-13/h4-7,14H,3,8-11H2,1-2H3/t14-/m0/s1. The maximum Gasteiger partial charge on any atom is 0.267 e. The second kappa shape index (κ2) is 6.31. The van der Waals surface area contributed by atoms with E-state index in [1.54, 1.807) is 0 Å². The predicted octanol–water partition coefficient (Wildman–Crippen LogP) is 2.29. The van der Waals surface area contributed by atoms with Gasteiger partial charge in [-0.05, 0) is 50.6 Å². The monoisotopic (exact) mass is 372 g/mol. The molecule has 0 N–H and O–H groups in total. The lowest BCUT2D eigenvalue weighted by atomic mass is 10.0. The molecule has 0 aromatic heterocycles. The van der Waals surface area contributed by atoms with E-state index in [0.717, 1.165) is 29.5 Å². The second-order valence-corrected chi connectivity index (χ2v) is 9.68. The number of carbonyl (C=O) groups excluding carboxylic acids is 1. The lowest BCUT2D eigenvalue weighted by Gasteiger charge is -2.42. The summed E-state index contributed by atoms with van der Waals surface area (Å²) < 4.78 is 40.5. The number of likely N-dealkylation sites (tertiary alicyclic amines) is 1. The molecule has 1 spiro atoms. The summed E-state index contributed by atoms with van der Waals surface area (Å²) in [5, 5.41) is -0.344. The van der Waals surface area contributed by atoms with E-state index in [9.17, 15) is 17.6 Å². The second-order valence-electron chi connectivity index (χ2n) is 6.33. The predicted molar refractivity (Wildman–Crippen MR) is 91.6 cm³/mol. The fourth-order valence-electron chi connectivity index (χ4n) is 3.29. The fourth-order valence-corrected chi connectivity index (χ4v) is 6.96. The van der Waals surface area contributed by atoms with Crippen molar-refractivity contribution in [1.29, 1.82) is 0 Å². The summed E-state index contributed by atoms with van der Waals surface area (Å²) in [5.41, 5.74) is 0. The Morgan fingerprint density at radius 1 is 1.25 bits per heavy atom. The van der Waals surface area contributed by atoms with Crippen molar-refractivity contribution >= 4 is 27.7 Å². The number of thioether (sulfide) groups is 1. The largest absolute Gasteiger partial charge is 0.306 e. The van der Waals surface area contributed by atoms with Crippen molar-refractivity contribution in [1.82, 2.24) is 9.21 Å². The summed E-state index contributed by atoms with van der Waals surface area (Å²) >= 11 is 1.47. The Kier molecular flexibility index (Phi) is 4.65. The third kappa shape index (κ3) is 2.84. The number of hydrogen-bond acceptors (Lipinski definition) is 5. The van der Waals surface area contributed by atoms with Crippen LogP contribution < -0.4 is 0 Å². The summed E-state index contributed by atoms with van der Waals surface area (Å²) in [4.78, 5) is 14.2. The zero-order chi connectivity index (χ0) is 17.5. The molecule has 24 heavy (non-hydrogen) atoms. The number of halogens is 1. The first-order valence-electron chi connectivity index (χ1n) is 8.01. The molecule has 5 nitrogen and oxygen atoms in total. The Hall–Kier alpha value is -1.12. The van der Waals surface area contributed by atoms with E-state index < -0.39 is 20.7 Å². The van der Waals surface area contributed by atoms with Gasteiger partial charge in [0.25, 0.3) is 15.9 Å². The molecule has 0 bridgehead atoms. The number of rotatable bonds is 3. The quantitative estimate of drug-likeness (QED) is 0.815. The molecule has 3 rings (SSSR count). The maximum absolute atomic E-state index is 13.2. The number of amides is 1. The van der Waals surface area contributed by atoms with Crippen molar-refractivity contribution in [2.75, 3.05) is 20.1 Å². The van der Waals surface area contributed by atoms with E-state index >= 15 is 0 Å². The van der Waals surface area contributed by atoms with Gasteiger partial charge in [-0.3, -0.25) is 4.79 Å². The van der Waals surface area contributed by atoms with Crippen LogP contribution in [0.15, 0.2) is 29.2 Å². The normalized spacial score (nSPS) is 24.7. The number of hydrogen-bond donors (Lipinski definition) is 0. The zero-order valence-corrected chi connectivity index (χ0v) is 15.4. The number of benzene rings is 1. The van der Waals surface area contributed by atoms with Gasteiger partial charge in [-0.15, -0.1) is 11.8 Å². The minimum absolute atomic E-state index is 0.0343. The molecule has 1 amide bonds. The van der Waals surface area contributed by atoms with Crippen LogP contribution >= 0.6 is 11.8 Å². The summed E-state index contributed by atoms with van der Waals surface area (Å²) in [7, 11) is -2.00. The van der Waals surface area contributed by atoms with Gasteiger partial charge in [-0.2, -0.15) is 0 Å². The fraction of sp³-hybridized carbons (Fsp3) is 0.562. The van der Waals surface area contributed by atoms with E-state index in [1.807, 2.05) is 14.0 Å². The Labute approximate surface area is 146 Å². The first-order valence-corrected chi connectivity index (χ1v) is 10.3.